The van der Waals surface area contributed by atoms with Crippen LogP contribution in [0.5, 0.6) is 0 Å². The smallest absolute Gasteiger partial charge is 0.274 e. The molecule has 1 saturated heterocycles. The Hall–Kier alpha value is -2.51. The van der Waals surface area contributed by atoms with Gasteiger partial charge in [0, 0.05) is 46.3 Å². The van der Waals surface area contributed by atoms with Crippen LogP contribution in [0.2, 0.25) is 0 Å². The van der Waals surface area contributed by atoms with Crippen LogP contribution >= 0.6 is 0 Å². The van der Waals surface area contributed by atoms with E-state index in [0.717, 1.165) is 5.69 Å². The van der Waals surface area contributed by atoms with E-state index in [9.17, 15) is 14.4 Å². The van der Waals surface area contributed by atoms with Crippen LogP contribution in [-0.4, -0.2) is 70.7 Å². The van der Waals surface area contributed by atoms with Crippen LogP contribution in [0.15, 0.2) is 12.4 Å². The Bertz CT molecular complexity index is 602. The quantitative estimate of drug-likeness (QED) is 0.789. The molecule has 23 heavy (non-hydrogen) atoms. The molecule has 1 N–H and O–H groups in total. The van der Waals surface area contributed by atoms with Gasteiger partial charge in [-0.05, 0) is 6.92 Å². The summed E-state index contributed by atoms with van der Waals surface area (Å²) >= 11 is 0. The number of hydrogen-bond acceptors (Lipinski definition) is 5. The molecule has 1 aromatic heterocycles. The van der Waals surface area contributed by atoms with E-state index in [1.807, 2.05) is 0 Å². The van der Waals surface area contributed by atoms with Gasteiger partial charge in [0.2, 0.25) is 11.8 Å². The Balaban J connectivity index is 2.20. The second-order valence-corrected chi connectivity index (χ2v) is 5.57. The minimum atomic E-state index is -0.464. The van der Waals surface area contributed by atoms with Crippen molar-refractivity contribution in [3.05, 3.63) is 23.8 Å². The minimum absolute atomic E-state index is 0.108. The normalized spacial score (nSPS) is 18.3. The molecule has 0 saturated carbocycles. The maximum Gasteiger partial charge on any atom is 0.274 e. The lowest BCUT2D eigenvalue weighted by Gasteiger charge is -2.22. The molecule has 1 fully saturated rings. The molecule has 0 aliphatic carbocycles. The van der Waals surface area contributed by atoms with E-state index in [0.29, 0.717) is 19.6 Å². The summed E-state index contributed by atoms with van der Waals surface area (Å²) in [5, 5.41) is 2.59. The number of rotatable bonds is 2. The van der Waals surface area contributed by atoms with Crippen LogP contribution < -0.4 is 5.32 Å². The first-order valence-electron chi connectivity index (χ1n) is 7.47. The summed E-state index contributed by atoms with van der Waals surface area (Å²) in [6.07, 6.45) is 2.96. The minimum Gasteiger partial charge on any atom is -0.359 e. The van der Waals surface area contributed by atoms with Crippen molar-refractivity contribution in [2.75, 3.05) is 33.2 Å². The summed E-state index contributed by atoms with van der Waals surface area (Å²) in [6.45, 7) is 4.56. The van der Waals surface area contributed by atoms with E-state index in [2.05, 4.69) is 15.3 Å². The second kappa shape index (κ2) is 7.17. The van der Waals surface area contributed by atoms with Gasteiger partial charge in [-0.2, -0.15) is 0 Å². The van der Waals surface area contributed by atoms with Gasteiger partial charge in [-0.15, -0.1) is 0 Å². The van der Waals surface area contributed by atoms with Crippen molar-refractivity contribution in [2.45, 2.75) is 13.8 Å². The average molecular weight is 319 g/mol. The third kappa shape index (κ3) is 4.02. The zero-order valence-electron chi connectivity index (χ0n) is 13.6. The molecule has 0 unspecified atom stereocenters. The molecule has 2 rings (SSSR count). The van der Waals surface area contributed by atoms with Gasteiger partial charge in [0.15, 0.2) is 0 Å². The van der Waals surface area contributed by atoms with Crippen LogP contribution in [0.3, 0.4) is 0 Å². The van der Waals surface area contributed by atoms with E-state index in [1.165, 1.54) is 19.3 Å². The van der Waals surface area contributed by atoms with E-state index >= 15 is 0 Å². The van der Waals surface area contributed by atoms with Gasteiger partial charge < -0.3 is 15.1 Å². The zero-order valence-corrected chi connectivity index (χ0v) is 13.6. The number of carbonyl (C=O) groups is 3. The molecule has 0 bridgehead atoms. The first kappa shape index (κ1) is 16.9. The Morgan fingerprint density at radius 3 is 2.35 bits per heavy atom. The molecule has 1 atom stereocenters. The highest BCUT2D eigenvalue weighted by Crippen LogP contribution is 2.13. The fourth-order valence-corrected chi connectivity index (χ4v) is 2.52. The highest BCUT2D eigenvalue weighted by atomic mass is 16.2. The lowest BCUT2D eigenvalue weighted by atomic mass is 10.1. The molecule has 0 radical (unpaired) electrons. The molecule has 1 aliphatic heterocycles. The second-order valence-electron chi connectivity index (χ2n) is 5.57. The van der Waals surface area contributed by atoms with E-state index in [1.54, 1.807) is 23.8 Å². The third-order valence-electron chi connectivity index (χ3n) is 3.87. The molecule has 2 heterocycles. The summed E-state index contributed by atoms with van der Waals surface area (Å²) in [6, 6.07) is 0. The van der Waals surface area contributed by atoms with Crippen molar-refractivity contribution in [2.24, 2.45) is 5.92 Å². The first-order valence-corrected chi connectivity index (χ1v) is 7.47. The molecule has 8 heteroatoms. The maximum absolute atomic E-state index is 12.6. The van der Waals surface area contributed by atoms with E-state index in [4.69, 9.17) is 0 Å². The largest absolute Gasteiger partial charge is 0.359 e. The average Bonchev–Trinajstić information content (AvgIpc) is 2.77. The SMILES string of the molecule is CNC(=O)[C@@H]1CN(C(C)=O)CCN(C(=O)c2cnc(C)cn2)C1. The van der Waals surface area contributed by atoms with Gasteiger partial charge in [0.1, 0.15) is 5.69 Å². The van der Waals surface area contributed by atoms with Crippen LogP contribution in [0.4, 0.5) is 0 Å². The van der Waals surface area contributed by atoms with Gasteiger partial charge in [-0.25, -0.2) is 4.98 Å². The van der Waals surface area contributed by atoms with Crippen LogP contribution in [0, 0.1) is 12.8 Å². The Morgan fingerprint density at radius 2 is 1.78 bits per heavy atom. The van der Waals surface area contributed by atoms with Crippen molar-refractivity contribution < 1.29 is 14.4 Å². The Kier molecular flexibility index (Phi) is 5.25. The number of hydrogen-bond donors (Lipinski definition) is 1. The lowest BCUT2D eigenvalue weighted by Crippen LogP contribution is -2.42. The van der Waals surface area contributed by atoms with E-state index in [-0.39, 0.29) is 30.0 Å². The van der Waals surface area contributed by atoms with Crippen molar-refractivity contribution >= 4 is 17.7 Å². The highest BCUT2D eigenvalue weighted by molar-refractivity contribution is 5.92. The molecule has 8 nitrogen and oxygen atoms in total. The van der Waals surface area contributed by atoms with Gasteiger partial charge in [0.25, 0.3) is 5.91 Å². The maximum atomic E-state index is 12.6. The van der Waals surface area contributed by atoms with Crippen LogP contribution in [0.25, 0.3) is 0 Å². The topological polar surface area (TPSA) is 95.5 Å². The predicted octanol–water partition coefficient (Wildman–Crippen LogP) is -0.548. The number of nitrogens with one attached hydrogen (secondary N) is 1. The zero-order chi connectivity index (χ0) is 17.0. The summed E-state index contributed by atoms with van der Waals surface area (Å²) < 4.78 is 0. The number of carbonyl (C=O) groups excluding carboxylic acids is 3. The Morgan fingerprint density at radius 1 is 1.13 bits per heavy atom. The highest BCUT2D eigenvalue weighted by Gasteiger charge is 2.31. The monoisotopic (exact) mass is 319 g/mol. The van der Waals surface area contributed by atoms with Gasteiger partial charge >= 0.3 is 0 Å². The summed E-state index contributed by atoms with van der Waals surface area (Å²) in [5.41, 5.74) is 0.964. The molecular formula is C15H21N5O3. The summed E-state index contributed by atoms with van der Waals surface area (Å²) in [4.78, 5) is 47.6. The van der Waals surface area contributed by atoms with Gasteiger partial charge in [-0.3, -0.25) is 19.4 Å². The molecule has 124 valence electrons. The molecule has 0 spiro atoms. The van der Waals surface area contributed by atoms with Crippen LogP contribution in [0.1, 0.15) is 23.1 Å². The molecule has 1 aromatic rings. The van der Waals surface area contributed by atoms with Gasteiger partial charge in [-0.1, -0.05) is 0 Å². The van der Waals surface area contributed by atoms with Crippen molar-refractivity contribution in [1.82, 2.24) is 25.1 Å². The molecule has 0 aromatic carbocycles. The van der Waals surface area contributed by atoms with Gasteiger partial charge in [0.05, 0.1) is 17.8 Å². The van der Waals surface area contributed by atoms with Crippen molar-refractivity contribution in [3.63, 3.8) is 0 Å². The van der Waals surface area contributed by atoms with Crippen LogP contribution in [-0.2, 0) is 9.59 Å². The molecule has 1 aliphatic rings. The predicted molar refractivity (Wildman–Crippen MR) is 82.5 cm³/mol. The Labute approximate surface area is 134 Å². The van der Waals surface area contributed by atoms with E-state index < -0.39 is 5.92 Å². The molecule has 3 amide bonds. The fourth-order valence-electron chi connectivity index (χ4n) is 2.52. The number of aromatic nitrogens is 2. The molecular weight excluding hydrogens is 298 g/mol. The lowest BCUT2D eigenvalue weighted by molar-refractivity contribution is -0.130. The number of aryl methyl sites for hydroxylation is 1. The number of amides is 3. The number of nitrogens with zero attached hydrogens (tertiary/aromatic N) is 4. The first-order chi connectivity index (χ1) is 10.9. The third-order valence-corrected chi connectivity index (χ3v) is 3.87. The fraction of sp³-hybridized carbons (Fsp3) is 0.533. The van der Waals surface area contributed by atoms with Crippen molar-refractivity contribution in [3.8, 4) is 0 Å². The summed E-state index contributed by atoms with van der Waals surface area (Å²) in [5.74, 6) is -1.04. The summed E-state index contributed by atoms with van der Waals surface area (Å²) in [7, 11) is 1.54. The standard InChI is InChI=1S/C15H21N5O3/c1-10-6-18-13(7-17-10)15(23)20-5-4-19(11(2)21)8-12(9-20)14(22)16-3/h6-7,12H,4-5,8-9H2,1-3H3,(H,16,22)/t12-/m1/s1. The van der Waals surface area contributed by atoms with Crippen molar-refractivity contribution in [1.29, 1.82) is 0 Å².